The standard InChI is InChI=1S/C51H31N3O/c1-3-11-32(12-4-1)39-30-24-34-21-25-36-27-26-35-15-9-17-40(46(35)47(36)43(34)31-39)33-22-28-38(29-23-33)50-52-49(37-13-5-2-6-14-37)53-51(54-50)42-18-10-20-45-48(42)41-16-7-8-19-44(41)55-45/h1-31H. The Morgan fingerprint density at radius 3 is 1.62 bits per heavy atom. The average molecular weight is 702 g/mol. The van der Waals surface area contributed by atoms with E-state index in [9.17, 15) is 0 Å². The highest BCUT2D eigenvalue weighted by Gasteiger charge is 2.18. The molecule has 11 aromatic rings. The molecule has 0 aliphatic rings. The molecule has 9 aromatic carbocycles. The van der Waals surface area contributed by atoms with Gasteiger partial charge in [0.05, 0.1) is 0 Å². The molecule has 0 atom stereocenters. The average Bonchev–Trinajstić information content (AvgIpc) is 3.65. The highest BCUT2D eigenvalue weighted by atomic mass is 16.3. The van der Waals surface area contributed by atoms with Crippen molar-refractivity contribution in [1.82, 2.24) is 15.0 Å². The molecule has 0 aliphatic heterocycles. The van der Waals surface area contributed by atoms with Crippen LogP contribution < -0.4 is 0 Å². The van der Waals surface area contributed by atoms with Crippen molar-refractivity contribution in [3.05, 3.63) is 188 Å². The second-order valence-corrected chi connectivity index (χ2v) is 14.0. The van der Waals surface area contributed by atoms with Crippen LogP contribution in [0.5, 0.6) is 0 Å². The molecule has 0 unspecified atom stereocenters. The lowest BCUT2D eigenvalue weighted by Crippen LogP contribution is -2.00. The predicted octanol–water partition coefficient (Wildman–Crippen LogP) is 13.6. The van der Waals surface area contributed by atoms with Gasteiger partial charge in [0, 0.05) is 27.5 Å². The maximum atomic E-state index is 6.24. The van der Waals surface area contributed by atoms with Crippen molar-refractivity contribution in [2.75, 3.05) is 0 Å². The van der Waals surface area contributed by atoms with Crippen LogP contribution in [-0.4, -0.2) is 15.0 Å². The third kappa shape index (κ3) is 5.26. The van der Waals surface area contributed by atoms with Gasteiger partial charge in [-0.1, -0.05) is 170 Å². The molecule has 2 heterocycles. The van der Waals surface area contributed by atoms with Crippen molar-refractivity contribution in [2.24, 2.45) is 0 Å². The number of fused-ring (bicyclic) bond motifs is 8. The number of aromatic nitrogens is 3. The molecular formula is C51H31N3O. The number of hydrogen-bond donors (Lipinski definition) is 0. The van der Waals surface area contributed by atoms with Gasteiger partial charge in [-0.2, -0.15) is 0 Å². The van der Waals surface area contributed by atoms with E-state index in [1.165, 1.54) is 49.0 Å². The van der Waals surface area contributed by atoms with Crippen molar-refractivity contribution < 1.29 is 4.42 Å². The van der Waals surface area contributed by atoms with Crippen LogP contribution in [0, 0.1) is 0 Å². The van der Waals surface area contributed by atoms with Gasteiger partial charge in [0.25, 0.3) is 0 Å². The molecule has 0 amide bonds. The maximum Gasteiger partial charge on any atom is 0.164 e. The van der Waals surface area contributed by atoms with Crippen LogP contribution in [0.25, 0.3) is 111 Å². The van der Waals surface area contributed by atoms with Crippen LogP contribution in [0.15, 0.2) is 192 Å². The molecule has 0 fully saturated rings. The van der Waals surface area contributed by atoms with Crippen LogP contribution in [-0.2, 0) is 0 Å². The number of furan rings is 1. The first kappa shape index (κ1) is 31.1. The molecule has 256 valence electrons. The first-order valence-corrected chi connectivity index (χ1v) is 18.5. The van der Waals surface area contributed by atoms with Crippen molar-refractivity contribution >= 4 is 54.3 Å². The Kier molecular flexibility index (Phi) is 7.14. The normalized spacial score (nSPS) is 11.6. The molecule has 0 bridgehead atoms. The Bertz CT molecular complexity index is 3240. The summed E-state index contributed by atoms with van der Waals surface area (Å²) in [6.07, 6.45) is 0. The molecular weight excluding hydrogens is 671 g/mol. The lowest BCUT2D eigenvalue weighted by atomic mass is 9.90. The van der Waals surface area contributed by atoms with E-state index in [2.05, 4.69) is 127 Å². The van der Waals surface area contributed by atoms with Crippen LogP contribution >= 0.6 is 0 Å². The first-order valence-electron chi connectivity index (χ1n) is 18.5. The summed E-state index contributed by atoms with van der Waals surface area (Å²) < 4.78 is 6.24. The van der Waals surface area contributed by atoms with Crippen molar-refractivity contribution in [3.63, 3.8) is 0 Å². The smallest absolute Gasteiger partial charge is 0.164 e. The summed E-state index contributed by atoms with van der Waals surface area (Å²) in [5.74, 6) is 1.84. The van der Waals surface area contributed by atoms with E-state index in [1.807, 2.05) is 60.7 Å². The van der Waals surface area contributed by atoms with Gasteiger partial charge in [-0.15, -0.1) is 0 Å². The van der Waals surface area contributed by atoms with Gasteiger partial charge < -0.3 is 4.42 Å². The minimum Gasteiger partial charge on any atom is -0.456 e. The number of benzene rings is 9. The first-order chi connectivity index (χ1) is 27.2. The second-order valence-electron chi connectivity index (χ2n) is 14.0. The maximum absolute atomic E-state index is 6.24. The highest BCUT2D eigenvalue weighted by Crippen LogP contribution is 2.40. The van der Waals surface area contributed by atoms with Crippen molar-refractivity contribution in [3.8, 4) is 56.4 Å². The van der Waals surface area contributed by atoms with Gasteiger partial charge in [-0.05, 0) is 72.8 Å². The van der Waals surface area contributed by atoms with Gasteiger partial charge in [0.2, 0.25) is 0 Å². The Balaban J connectivity index is 1.07. The Morgan fingerprint density at radius 1 is 0.291 bits per heavy atom. The van der Waals surface area contributed by atoms with E-state index < -0.39 is 0 Å². The van der Waals surface area contributed by atoms with E-state index >= 15 is 0 Å². The van der Waals surface area contributed by atoms with E-state index in [-0.39, 0.29) is 0 Å². The summed E-state index contributed by atoms with van der Waals surface area (Å²) in [5, 5.41) is 9.45. The van der Waals surface area contributed by atoms with Gasteiger partial charge in [0.1, 0.15) is 11.2 Å². The zero-order valence-electron chi connectivity index (χ0n) is 29.6. The van der Waals surface area contributed by atoms with Crippen LogP contribution in [0.3, 0.4) is 0 Å². The minimum atomic E-state index is 0.604. The quantitative estimate of drug-likeness (QED) is 0.168. The molecule has 0 saturated carbocycles. The SMILES string of the molecule is c1ccc(-c2ccc3ccc4ccc5cccc(-c6ccc(-c7nc(-c8ccccc8)nc(-c8cccc9oc%10ccccc%10c89)n7)cc6)c5c4c3c2)cc1. The Morgan fingerprint density at radius 2 is 0.836 bits per heavy atom. The molecule has 2 aromatic heterocycles. The van der Waals surface area contributed by atoms with Crippen molar-refractivity contribution in [1.29, 1.82) is 0 Å². The van der Waals surface area contributed by atoms with Gasteiger partial charge in [-0.25, -0.2) is 15.0 Å². The lowest BCUT2D eigenvalue weighted by Gasteiger charge is -2.14. The molecule has 55 heavy (non-hydrogen) atoms. The topological polar surface area (TPSA) is 51.8 Å². The molecule has 0 N–H and O–H groups in total. The Labute approximate surface area is 317 Å². The van der Waals surface area contributed by atoms with Crippen molar-refractivity contribution in [2.45, 2.75) is 0 Å². The monoisotopic (exact) mass is 701 g/mol. The molecule has 0 aliphatic carbocycles. The largest absolute Gasteiger partial charge is 0.456 e. The fourth-order valence-corrected chi connectivity index (χ4v) is 8.07. The third-order valence-corrected chi connectivity index (χ3v) is 10.7. The summed E-state index contributed by atoms with van der Waals surface area (Å²) in [7, 11) is 0. The second kappa shape index (κ2) is 12.6. The third-order valence-electron chi connectivity index (χ3n) is 10.7. The van der Waals surface area contributed by atoms with Gasteiger partial charge in [0.15, 0.2) is 17.5 Å². The molecule has 4 nitrogen and oxygen atoms in total. The summed E-state index contributed by atoms with van der Waals surface area (Å²) in [6, 6.07) is 65.9. The van der Waals surface area contributed by atoms with E-state index in [0.29, 0.717) is 17.5 Å². The number of para-hydroxylation sites is 1. The zero-order chi connectivity index (χ0) is 36.3. The molecule has 4 heteroatoms. The molecule has 11 rings (SSSR count). The molecule has 0 radical (unpaired) electrons. The number of hydrogen-bond acceptors (Lipinski definition) is 4. The van der Waals surface area contributed by atoms with Crippen LogP contribution in [0.4, 0.5) is 0 Å². The fourth-order valence-electron chi connectivity index (χ4n) is 8.07. The summed E-state index contributed by atoms with van der Waals surface area (Å²) >= 11 is 0. The van der Waals surface area contributed by atoms with Crippen LogP contribution in [0.1, 0.15) is 0 Å². The Hall–Kier alpha value is -7.43. The van der Waals surface area contributed by atoms with Gasteiger partial charge >= 0.3 is 0 Å². The van der Waals surface area contributed by atoms with E-state index in [4.69, 9.17) is 19.4 Å². The van der Waals surface area contributed by atoms with E-state index in [1.54, 1.807) is 0 Å². The summed E-state index contributed by atoms with van der Waals surface area (Å²) in [4.78, 5) is 15.2. The molecule has 0 saturated heterocycles. The lowest BCUT2D eigenvalue weighted by molar-refractivity contribution is 0.669. The predicted molar refractivity (Wildman–Crippen MR) is 227 cm³/mol. The summed E-state index contributed by atoms with van der Waals surface area (Å²) in [6.45, 7) is 0. The minimum absolute atomic E-state index is 0.604. The zero-order valence-corrected chi connectivity index (χ0v) is 29.6. The van der Waals surface area contributed by atoms with Crippen LogP contribution in [0.2, 0.25) is 0 Å². The highest BCUT2D eigenvalue weighted by molar-refractivity contribution is 6.24. The number of rotatable bonds is 5. The van der Waals surface area contributed by atoms with Gasteiger partial charge in [-0.3, -0.25) is 0 Å². The fraction of sp³-hybridized carbons (Fsp3) is 0. The number of nitrogens with zero attached hydrogens (tertiary/aromatic N) is 3. The van der Waals surface area contributed by atoms with E-state index in [0.717, 1.165) is 44.2 Å². The summed E-state index contributed by atoms with van der Waals surface area (Å²) in [5.41, 5.74) is 9.13. The molecule has 0 spiro atoms.